The van der Waals surface area contributed by atoms with E-state index in [9.17, 15) is 8.42 Å². The van der Waals surface area contributed by atoms with Gasteiger partial charge in [-0.2, -0.15) is 5.01 Å². The Morgan fingerprint density at radius 2 is 1.38 bits per heavy atom. The van der Waals surface area contributed by atoms with Crippen molar-refractivity contribution in [2.24, 2.45) is 0 Å². The van der Waals surface area contributed by atoms with E-state index in [0.717, 1.165) is 38.8 Å². The SMILES string of the molecule is Cc1ccc(S(=O)(=O)NN2C(c3ccccc3)Oc3ccccc3[C@@H]2c2ccc3ccccc3c2)cc1. The number of hydrogen-bond acceptors (Lipinski definition) is 4. The molecule has 0 fully saturated rings. The van der Waals surface area contributed by atoms with Crippen molar-refractivity contribution < 1.29 is 13.2 Å². The van der Waals surface area contributed by atoms with Crippen molar-refractivity contribution in [3.8, 4) is 5.75 Å². The number of benzene rings is 5. The first-order valence-electron chi connectivity index (χ1n) is 12.2. The molecule has 6 rings (SSSR count). The standard InChI is InChI=1S/C31H26N2O3S/c1-22-15-19-27(20-16-22)37(34,35)32-33-30(26-18-17-23-9-5-6-12-25(23)21-26)28-13-7-8-14-29(28)36-31(33)24-10-3-2-4-11-24/h2-21,30-32H,1H3/t30-,31?/m0/s1. The average molecular weight is 507 g/mol. The van der Waals surface area contributed by atoms with Gasteiger partial charge in [0, 0.05) is 11.1 Å². The summed E-state index contributed by atoms with van der Waals surface area (Å²) in [6.45, 7) is 1.93. The van der Waals surface area contributed by atoms with Crippen LogP contribution in [0.1, 0.15) is 34.5 Å². The summed E-state index contributed by atoms with van der Waals surface area (Å²) in [6.07, 6.45) is -0.687. The second-order valence-electron chi connectivity index (χ2n) is 9.24. The molecule has 184 valence electrons. The van der Waals surface area contributed by atoms with Crippen molar-refractivity contribution >= 4 is 20.8 Å². The van der Waals surface area contributed by atoms with Crippen molar-refractivity contribution in [1.82, 2.24) is 9.84 Å². The van der Waals surface area contributed by atoms with E-state index >= 15 is 0 Å². The second kappa shape index (κ2) is 9.48. The minimum absolute atomic E-state index is 0.195. The molecular formula is C31H26N2O3S. The number of hydrazine groups is 1. The average Bonchev–Trinajstić information content (AvgIpc) is 2.93. The summed E-state index contributed by atoms with van der Waals surface area (Å²) in [5.74, 6) is 0.722. The van der Waals surface area contributed by atoms with Crippen LogP contribution < -0.4 is 9.57 Å². The first-order chi connectivity index (χ1) is 18.0. The van der Waals surface area contributed by atoms with Gasteiger partial charge >= 0.3 is 0 Å². The first-order valence-corrected chi connectivity index (χ1v) is 13.6. The summed E-state index contributed by atoms with van der Waals surface area (Å²) < 4.78 is 33.8. The van der Waals surface area contributed by atoms with E-state index in [1.54, 1.807) is 29.3 Å². The van der Waals surface area contributed by atoms with Crippen molar-refractivity contribution in [2.75, 3.05) is 0 Å². The molecule has 0 amide bonds. The first kappa shape index (κ1) is 23.4. The molecule has 5 nitrogen and oxygen atoms in total. The van der Waals surface area contributed by atoms with Crippen molar-refractivity contribution in [2.45, 2.75) is 24.1 Å². The molecular weight excluding hydrogens is 480 g/mol. The maximum Gasteiger partial charge on any atom is 0.253 e. The fourth-order valence-electron chi connectivity index (χ4n) is 4.85. The number of fused-ring (bicyclic) bond motifs is 2. The molecule has 5 aromatic carbocycles. The van der Waals surface area contributed by atoms with Gasteiger partial charge in [0.05, 0.1) is 10.9 Å². The fourth-order valence-corrected chi connectivity index (χ4v) is 5.93. The number of hydrogen-bond donors (Lipinski definition) is 1. The van der Waals surface area contributed by atoms with E-state index in [1.807, 2.05) is 73.7 Å². The Labute approximate surface area is 217 Å². The largest absolute Gasteiger partial charge is 0.469 e. The van der Waals surface area contributed by atoms with E-state index in [-0.39, 0.29) is 4.90 Å². The van der Waals surface area contributed by atoms with Crippen LogP contribution in [0, 0.1) is 6.92 Å². The van der Waals surface area contributed by atoms with Gasteiger partial charge in [-0.1, -0.05) is 103 Å². The molecule has 1 unspecified atom stereocenters. The zero-order valence-corrected chi connectivity index (χ0v) is 21.1. The molecule has 2 atom stereocenters. The zero-order valence-electron chi connectivity index (χ0n) is 20.3. The Bertz CT molecular complexity index is 1670. The van der Waals surface area contributed by atoms with Gasteiger partial charge in [0.15, 0.2) is 6.23 Å². The quantitative estimate of drug-likeness (QED) is 0.295. The summed E-state index contributed by atoms with van der Waals surface area (Å²) in [4.78, 5) is 3.09. The molecule has 0 saturated heterocycles. The van der Waals surface area contributed by atoms with Crippen molar-refractivity contribution in [3.05, 3.63) is 144 Å². The zero-order chi connectivity index (χ0) is 25.4. The number of nitrogens with zero attached hydrogens (tertiary/aromatic N) is 1. The van der Waals surface area contributed by atoms with Gasteiger partial charge in [0.1, 0.15) is 5.75 Å². The molecule has 6 heteroatoms. The van der Waals surface area contributed by atoms with E-state index in [2.05, 4.69) is 35.2 Å². The molecule has 5 aromatic rings. The summed E-state index contributed by atoms with van der Waals surface area (Å²) in [7, 11) is -3.91. The molecule has 0 saturated carbocycles. The lowest BCUT2D eigenvalue weighted by Crippen LogP contribution is -2.50. The molecule has 1 heterocycles. The van der Waals surface area contributed by atoms with Crippen LogP contribution in [0.3, 0.4) is 0 Å². The maximum absolute atomic E-state index is 13.7. The molecule has 1 aliphatic heterocycles. The Balaban J connectivity index is 1.54. The summed E-state index contributed by atoms with van der Waals surface area (Å²) in [5.41, 5.74) is 3.68. The summed E-state index contributed by atoms with van der Waals surface area (Å²) in [6, 6.07) is 38.3. The number of ether oxygens (including phenoxy) is 1. The minimum Gasteiger partial charge on any atom is -0.469 e. The van der Waals surface area contributed by atoms with Gasteiger partial charge in [-0.05, 0) is 47.5 Å². The van der Waals surface area contributed by atoms with Crippen LogP contribution >= 0.6 is 0 Å². The van der Waals surface area contributed by atoms with Crippen LogP contribution in [0.5, 0.6) is 5.75 Å². The second-order valence-corrected chi connectivity index (χ2v) is 10.9. The molecule has 0 bridgehead atoms. The van der Waals surface area contributed by atoms with E-state index < -0.39 is 22.3 Å². The van der Waals surface area contributed by atoms with Crippen LogP contribution in [0.2, 0.25) is 0 Å². The highest BCUT2D eigenvalue weighted by molar-refractivity contribution is 7.89. The van der Waals surface area contributed by atoms with Gasteiger partial charge < -0.3 is 4.74 Å². The Kier molecular flexibility index (Phi) is 6.00. The van der Waals surface area contributed by atoms with Gasteiger partial charge in [0.25, 0.3) is 10.0 Å². The molecule has 0 aliphatic carbocycles. The number of nitrogens with one attached hydrogen (secondary N) is 1. The molecule has 1 aliphatic rings. The van der Waals surface area contributed by atoms with Crippen molar-refractivity contribution in [3.63, 3.8) is 0 Å². The highest BCUT2D eigenvalue weighted by Gasteiger charge is 2.40. The van der Waals surface area contributed by atoms with E-state index in [1.165, 1.54) is 0 Å². The number of para-hydroxylation sites is 1. The molecule has 1 N–H and O–H groups in total. The summed E-state index contributed by atoms with van der Waals surface area (Å²) in [5, 5.41) is 3.93. The molecule has 0 aromatic heterocycles. The fraction of sp³-hybridized carbons (Fsp3) is 0.0968. The molecule has 0 radical (unpaired) electrons. The van der Waals surface area contributed by atoms with Crippen LogP contribution in [-0.2, 0) is 10.0 Å². The minimum atomic E-state index is -3.91. The highest BCUT2D eigenvalue weighted by Crippen LogP contribution is 2.45. The van der Waals surface area contributed by atoms with Crippen LogP contribution in [0.4, 0.5) is 0 Å². The summed E-state index contributed by atoms with van der Waals surface area (Å²) >= 11 is 0. The number of rotatable bonds is 5. The van der Waals surface area contributed by atoms with Crippen LogP contribution in [0.15, 0.2) is 126 Å². The van der Waals surface area contributed by atoms with Crippen molar-refractivity contribution in [1.29, 1.82) is 0 Å². The Morgan fingerprint density at radius 1 is 0.703 bits per heavy atom. The van der Waals surface area contributed by atoms with Gasteiger partial charge in [0.2, 0.25) is 0 Å². The van der Waals surface area contributed by atoms with E-state index in [0.29, 0.717) is 0 Å². The smallest absolute Gasteiger partial charge is 0.253 e. The lowest BCUT2D eigenvalue weighted by molar-refractivity contribution is -0.0367. The predicted octanol–water partition coefficient (Wildman–Crippen LogP) is 6.52. The normalized spacial score (nSPS) is 17.8. The molecule has 37 heavy (non-hydrogen) atoms. The van der Waals surface area contributed by atoms with Gasteiger partial charge in [-0.3, -0.25) is 0 Å². The third-order valence-corrected chi connectivity index (χ3v) is 8.06. The highest BCUT2D eigenvalue weighted by atomic mass is 32.2. The topological polar surface area (TPSA) is 58.6 Å². The number of sulfonamides is 1. The van der Waals surface area contributed by atoms with Crippen LogP contribution in [0.25, 0.3) is 10.8 Å². The third kappa shape index (κ3) is 4.51. The molecule has 0 spiro atoms. The van der Waals surface area contributed by atoms with Gasteiger partial charge in [-0.25, -0.2) is 8.42 Å². The maximum atomic E-state index is 13.7. The predicted molar refractivity (Wildman–Crippen MR) is 145 cm³/mol. The monoisotopic (exact) mass is 506 g/mol. The number of aryl methyl sites for hydroxylation is 1. The lowest BCUT2D eigenvalue weighted by atomic mass is 9.93. The van der Waals surface area contributed by atoms with Crippen LogP contribution in [-0.4, -0.2) is 13.4 Å². The third-order valence-electron chi connectivity index (χ3n) is 6.71. The van der Waals surface area contributed by atoms with Gasteiger partial charge in [-0.15, -0.1) is 4.83 Å². The Morgan fingerprint density at radius 3 is 2.16 bits per heavy atom. The Hall–Kier alpha value is -3.97. The van der Waals surface area contributed by atoms with E-state index in [4.69, 9.17) is 4.74 Å². The lowest BCUT2D eigenvalue weighted by Gasteiger charge is -2.42.